The Kier molecular flexibility index (Phi) is 5.06. The van der Waals surface area contributed by atoms with Crippen molar-refractivity contribution in [2.24, 2.45) is 0 Å². The van der Waals surface area contributed by atoms with E-state index < -0.39 is 41.4 Å². The Morgan fingerprint density at radius 1 is 1.12 bits per heavy atom. The number of amides is 1. The predicted octanol–water partition coefficient (Wildman–Crippen LogP) is 1.84. The minimum atomic E-state index is -1.04. The van der Waals surface area contributed by atoms with E-state index in [1.54, 1.807) is 12.1 Å². The van der Waals surface area contributed by atoms with Crippen LogP contribution < -0.4 is 10.6 Å². The van der Waals surface area contributed by atoms with Crippen molar-refractivity contribution in [3.05, 3.63) is 71.0 Å². The van der Waals surface area contributed by atoms with Crippen LogP contribution in [0.5, 0.6) is 0 Å². The lowest BCUT2D eigenvalue weighted by molar-refractivity contribution is -0.125. The quantitative estimate of drug-likeness (QED) is 0.789. The molecule has 2 aromatic carbocycles. The van der Waals surface area contributed by atoms with Crippen LogP contribution in [0.3, 0.4) is 0 Å². The maximum atomic E-state index is 13.3. The van der Waals surface area contributed by atoms with E-state index >= 15 is 0 Å². The van der Waals surface area contributed by atoms with Gasteiger partial charge in [0.1, 0.15) is 23.5 Å². The van der Waals surface area contributed by atoms with Crippen molar-refractivity contribution in [1.82, 2.24) is 10.6 Å². The SMILES string of the molecule is O=C(NCc1cc(F)cc(F)c1)[C@H]1NC[C@H](c2cccc(F)c2)[C@H]1O. The lowest BCUT2D eigenvalue weighted by atomic mass is 9.93. The first-order valence-electron chi connectivity index (χ1n) is 7.83. The normalized spacial score (nSPS) is 22.8. The van der Waals surface area contributed by atoms with Crippen LogP contribution in [0.2, 0.25) is 0 Å². The summed E-state index contributed by atoms with van der Waals surface area (Å²) in [5.41, 5.74) is 0.877. The van der Waals surface area contributed by atoms with Crippen molar-refractivity contribution in [3.63, 3.8) is 0 Å². The van der Waals surface area contributed by atoms with Gasteiger partial charge in [0.25, 0.3) is 0 Å². The fraction of sp³-hybridized carbons (Fsp3) is 0.278. The lowest BCUT2D eigenvalue weighted by Gasteiger charge is -2.18. The van der Waals surface area contributed by atoms with Crippen LogP contribution in [0.15, 0.2) is 42.5 Å². The van der Waals surface area contributed by atoms with E-state index in [1.165, 1.54) is 12.1 Å². The van der Waals surface area contributed by atoms with E-state index in [0.29, 0.717) is 12.1 Å². The summed E-state index contributed by atoms with van der Waals surface area (Å²) in [6.45, 7) is 0.250. The number of hydrogen-bond donors (Lipinski definition) is 3. The molecule has 25 heavy (non-hydrogen) atoms. The van der Waals surface area contributed by atoms with Gasteiger partial charge in [-0.15, -0.1) is 0 Å². The average Bonchev–Trinajstić information content (AvgIpc) is 2.93. The molecule has 0 aliphatic carbocycles. The third-order valence-corrected chi connectivity index (χ3v) is 4.26. The van der Waals surface area contributed by atoms with Gasteiger partial charge in [0, 0.05) is 25.1 Å². The van der Waals surface area contributed by atoms with Gasteiger partial charge < -0.3 is 15.7 Å². The minimum absolute atomic E-state index is 0.0664. The van der Waals surface area contributed by atoms with E-state index in [0.717, 1.165) is 18.2 Å². The van der Waals surface area contributed by atoms with Crippen molar-refractivity contribution in [2.45, 2.75) is 24.6 Å². The number of aliphatic hydroxyl groups excluding tert-OH is 1. The highest BCUT2D eigenvalue weighted by molar-refractivity contribution is 5.83. The molecule has 3 atom stereocenters. The third kappa shape index (κ3) is 4.00. The maximum Gasteiger partial charge on any atom is 0.240 e. The molecule has 0 bridgehead atoms. The van der Waals surface area contributed by atoms with Gasteiger partial charge in [-0.25, -0.2) is 13.2 Å². The summed E-state index contributed by atoms with van der Waals surface area (Å²) in [4.78, 5) is 12.2. The molecule has 1 aliphatic rings. The summed E-state index contributed by atoms with van der Waals surface area (Å²) in [6, 6.07) is 7.97. The molecule has 132 valence electrons. The molecule has 0 radical (unpaired) electrons. The van der Waals surface area contributed by atoms with E-state index in [9.17, 15) is 23.1 Å². The smallest absolute Gasteiger partial charge is 0.240 e. The van der Waals surface area contributed by atoms with Crippen LogP contribution in [0.4, 0.5) is 13.2 Å². The molecule has 4 nitrogen and oxygen atoms in total. The molecule has 3 rings (SSSR count). The number of carbonyl (C=O) groups is 1. The third-order valence-electron chi connectivity index (χ3n) is 4.26. The van der Waals surface area contributed by atoms with Crippen molar-refractivity contribution in [2.75, 3.05) is 6.54 Å². The highest BCUT2D eigenvalue weighted by Gasteiger charge is 2.39. The van der Waals surface area contributed by atoms with Gasteiger partial charge in [0.05, 0.1) is 6.10 Å². The molecule has 1 amide bonds. The number of benzene rings is 2. The molecule has 0 unspecified atom stereocenters. The van der Waals surface area contributed by atoms with Crippen molar-refractivity contribution >= 4 is 5.91 Å². The molecule has 0 spiro atoms. The summed E-state index contributed by atoms with van der Waals surface area (Å²) in [5, 5.41) is 15.8. The Bertz CT molecular complexity index is 764. The molecule has 1 fully saturated rings. The first-order valence-corrected chi connectivity index (χ1v) is 7.83. The van der Waals surface area contributed by atoms with Gasteiger partial charge >= 0.3 is 0 Å². The Morgan fingerprint density at radius 2 is 1.84 bits per heavy atom. The summed E-state index contributed by atoms with van der Waals surface area (Å²) in [6.07, 6.45) is -1.04. The van der Waals surface area contributed by atoms with Crippen LogP contribution in [0.1, 0.15) is 17.0 Å². The number of aliphatic hydroxyl groups is 1. The zero-order valence-corrected chi connectivity index (χ0v) is 13.2. The minimum Gasteiger partial charge on any atom is -0.390 e. The highest BCUT2D eigenvalue weighted by Crippen LogP contribution is 2.27. The first-order chi connectivity index (χ1) is 11.9. The molecular weight excluding hydrogens is 333 g/mol. The van der Waals surface area contributed by atoms with Crippen LogP contribution in [0.25, 0.3) is 0 Å². The second kappa shape index (κ2) is 7.25. The fourth-order valence-corrected chi connectivity index (χ4v) is 3.04. The lowest BCUT2D eigenvalue weighted by Crippen LogP contribution is -2.46. The van der Waals surface area contributed by atoms with E-state index in [-0.39, 0.29) is 12.1 Å². The largest absolute Gasteiger partial charge is 0.390 e. The van der Waals surface area contributed by atoms with Crippen molar-refractivity contribution < 1.29 is 23.1 Å². The predicted molar refractivity (Wildman–Crippen MR) is 85.1 cm³/mol. The second-order valence-corrected chi connectivity index (χ2v) is 6.03. The highest BCUT2D eigenvalue weighted by atomic mass is 19.1. The number of hydrogen-bond acceptors (Lipinski definition) is 3. The fourth-order valence-electron chi connectivity index (χ4n) is 3.04. The number of rotatable bonds is 4. The summed E-state index contributed by atoms with van der Waals surface area (Å²) in [7, 11) is 0. The summed E-state index contributed by atoms with van der Waals surface area (Å²) < 4.78 is 39.6. The van der Waals surface area contributed by atoms with Crippen molar-refractivity contribution in [1.29, 1.82) is 0 Å². The number of halogens is 3. The molecule has 1 saturated heterocycles. The van der Waals surface area contributed by atoms with Gasteiger partial charge in [0.15, 0.2) is 0 Å². The van der Waals surface area contributed by atoms with E-state index in [2.05, 4.69) is 10.6 Å². The molecule has 7 heteroatoms. The van der Waals surface area contributed by atoms with Gasteiger partial charge in [0.2, 0.25) is 5.91 Å². The molecular formula is C18H17F3N2O2. The standard InChI is InChI=1S/C18H17F3N2O2/c19-12-3-1-2-11(6-12)15-9-22-16(17(15)24)18(25)23-8-10-4-13(20)7-14(21)5-10/h1-7,15-17,22,24H,8-9H2,(H,23,25)/t15-,16+,17-/m1/s1. The number of nitrogens with one attached hydrogen (secondary N) is 2. The van der Waals surface area contributed by atoms with Gasteiger partial charge in [-0.1, -0.05) is 12.1 Å². The Morgan fingerprint density at radius 3 is 2.52 bits per heavy atom. The summed E-state index contributed by atoms with van der Waals surface area (Å²) >= 11 is 0. The summed E-state index contributed by atoms with van der Waals surface area (Å²) in [5.74, 6) is -2.77. The zero-order valence-electron chi connectivity index (χ0n) is 13.2. The molecule has 2 aromatic rings. The van der Waals surface area contributed by atoms with Crippen molar-refractivity contribution in [3.8, 4) is 0 Å². The van der Waals surface area contributed by atoms with E-state index in [1.807, 2.05) is 0 Å². The molecule has 1 aliphatic heterocycles. The molecule has 0 saturated carbocycles. The van der Waals surface area contributed by atoms with Crippen LogP contribution in [0, 0.1) is 17.5 Å². The van der Waals surface area contributed by atoms with Gasteiger partial charge in [-0.3, -0.25) is 4.79 Å². The number of carbonyl (C=O) groups excluding carboxylic acids is 1. The van der Waals surface area contributed by atoms with Crippen LogP contribution in [-0.4, -0.2) is 29.7 Å². The zero-order chi connectivity index (χ0) is 18.0. The van der Waals surface area contributed by atoms with E-state index in [4.69, 9.17) is 0 Å². The monoisotopic (exact) mass is 350 g/mol. The van der Waals surface area contributed by atoms with Crippen LogP contribution in [-0.2, 0) is 11.3 Å². The Labute approximate surface area is 142 Å². The molecule has 0 aromatic heterocycles. The maximum absolute atomic E-state index is 13.3. The first kappa shape index (κ1) is 17.4. The Balaban J connectivity index is 1.63. The Hall–Kier alpha value is -2.38. The molecule has 1 heterocycles. The van der Waals surface area contributed by atoms with Crippen LogP contribution >= 0.6 is 0 Å². The molecule has 3 N–H and O–H groups in total. The average molecular weight is 350 g/mol. The van der Waals surface area contributed by atoms with Gasteiger partial charge in [-0.2, -0.15) is 0 Å². The second-order valence-electron chi connectivity index (χ2n) is 6.03. The topological polar surface area (TPSA) is 61.4 Å². The van der Waals surface area contributed by atoms with Gasteiger partial charge in [-0.05, 0) is 35.4 Å².